The lowest BCUT2D eigenvalue weighted by molar-refractivity contribution is 0.0904. The number of rotatable bonds is 6. The highest BCUT2D eigenvalue weighted by atomic mass is 32.1. The average Bonchev–Trinajstić information content (AvgIpc) is 3.30. The molecule has 1 aliphatic rings. The van der Waals surface area contributed by atoms with Gasteiger partial charge in [-0.3, -0.25) is 4.79 Å². The van der Waals surface area contributed by atoms with E-state index in [4.69, 9.17) is 21.7 Å². The van der Waals surface area contributed by atoms with Crippen LogP contribution >= 0.6 is 12.2 Å². The summed E-state index contributed by atoms with van der Waals surface area (Å²) in [5, 5.41) is 4.84. The van der Waals surface area contributed by atoms with Gasteiger partial charge in [0.25, 0.3) is 5.56 Å². The Hall–Kier alpha value is -2.90. The molecule has 2 aromatic carbocycles. The lowest BCUT2D eigenvalue weighted by Gasteiger charge is -2.28. The number of pyridine rings is 1. The van der Waals surface area contributed by atoms with Crippen LogP contribution in [0.1, 0.15) is 29.5 Å². The van der Waals surface area contributed by atoms with Gasteiger partial charge in [-0.2, -0.15) is 0 Å². The first-order valence-electron chi connectivity index (χ1n) is 10.9. The van der Waals surface area contributed by atoms with Crippen molar-refractivity contribution in [3.05, 3.63) is 69.5 Å². The molecule has 2 N–H and O–H groups in total. The highest BCUT2D eigenvalue weighted by Crippen LogP contribution is 2.25. The predicted molar refractivity (Wildman–Crippen MR) is 133 cm³/mol. The molecule has 0 spiro atoms. The molecule has 0 radical (unpaired) electrons. The minimum Gasteiger partial charge on any atom is -0.495 e. The molecule has 1 aliphatic heterocycles. The van der Waals surface area contributed by atoms with Gasteiger partial charge < -0.3 is 24.7 Å². The summed E-state index contributed by atoms with van der Waals surface area (Å²) >= 11 is 5.77. The maximum Gasteiger partial charge on any atom is 0.253 e. The standard InChI is InChI=1S/C25H29N3O3S/c1-16-10-11-18-13-19(24(29)27-23(18)17(16)2)14-28(15-20-7-6-12-31-20)25(32)26-21-8-4-5-9-22(21)30-3/h4-5,8-11,13,20H,6-7,12,14-15H2,1-3H3,(H,26,32)(H,27,29)/t20-/m1/s1. The number of ether oxygens (including phenoxy) is 2. The Balaban J connectivity index is 1.63. The molecule has 1 fully saturated rings. The molecule has 4 rings (SSSR count). The van der Waals surface area contributed by atoms with E-state index in [2.05, 4.69) is 16.4 Å². The van der Waals surface area contributed by atoms with E-state index < -0.39 is 0 Å². The maximum atomic E-state index is 13.0. The molecule has 0 bridgehead atoms. The second kappa shape index (κ2) is 9.71. The third-order valence-electron chi connectivity index (χ3n) is 6.07. The van der Waals surface area contributed by atoms with E-state index in [1.54, 1.807) is 7.11 Å². The van der Waals surface area contributed by atoms with E-state index in [1.165, 1.54) is 0 Å². The number of anilines is 1. The second-order valence-electron chi connectivity index (χ2n) is 8.24. The lowest BCUT2D eigenvalue weighted by Crippen LogP contribution is -2.40. The molecule has 0 amide bonds. The molecular weight excluding hydrogens is 422 g/mol. The largest absolute Gasteiger partial charge is 0.495 e. The van der Waals surface area contributed by atoms with Gasteiger partial charge in [-0.25, -0.2) is 0 Å². The fraction of sp³-hybridized carbons (Fsp3) is 0.360. The van der Waals surface area contributed by atoms with Gasteiger partial charge in [0.2, 0.25) is 0 Å². The van der Waals surface area contributed by atoms with Gasteiger partial charge in [-0.1, -0.05) is 24.3 Å². The van der Waals surface area contributed by atoms with E-state index >= 15 is 0 Å². The number of fused-ring (bicyclic) bond motifs is 1. The number of thiocarbonyl (C=S) groups is 1. The summed E-state index contributed by atoms with van der Waals surface area (Å²) < 4.78 is 11.3. The molecule has 0 aliphatic carbocycles. The van der Waals surface area contributed by atoms with Crippen molar-refractivity contribution in [2.24, 2.45) is 0 Å². The molecule has 0 unspecified atom stereocenters. The summed E-state index contributed by atoms with van der Waals surface area (Å²) in [6.45, 7) is 5.85. The molecule has 0 saturated carbocycles. The quantitative estimate of drug-likeness (QED) is 0.537. The molecule has 3 aromatic rings. The Labute approximate surface area is 193 Å². The normalized spacial score (nSPS) is 15.7. The smallest absolute Gasteiger partial charge is 0.253 e. The Morgan fingerprint density at radius 3 is 2.84 bits per heavy atom. The number of benzene rings is 2. The number of nitrogens with zero attached hydrogens (tertiary/aromatic N) is 1. The molecule has 32 heavy (non-hydrogen) atoms. The minimum absolute atomic E-state index is 0.0939. The molecule has 2 heterocycles. The van der Waals surface area contributed by atoms with E-state index in [0.29, 0.717) is 29.5 Å². The minimum atomic E-state index is -0.0939. The van der Waals surface area contributed by atoms with Crippen LogP contribution < -0.4 is 15.6 Å². The van der Waals surface area contributed by atoms with Crippen LogP contribution in [0.2, 0.25) is 0 Å². The van der Waals surface area contributed by atoms with Gasteiger partial charge >= 0.3 is 0 Å². The molecule has 168 valence electrons. The van der Waals surface area contributed by atoms with Crippen LogP contribution in [0.15, 0.2) is 47.3 Å². The summed E-state index contributed by atoms with van der Waals surface area (Å²) in [6.07, 6.45) is 2.12. The number of para-hydroxylation sites is 2. The Kier molecular flexibility index (Phi) is 6.77. The van der Waals surface area contributed by atoms with Crippen molar-refractivity contribution >= 4 is 33.9 Å². The van der Waals surface area contributed by atoms with Gasteiger partial charge in [0.05, 0.1) is 31.0 Å². The van der Waals surface area contributed by atoms with Crippen LogP contribution in [0.4, 0.5) is 5.69 Å². The third-order valence-corrected chi connectivity index (χ3v) is 6.43. The fourth-order valence-corrected chi connectivity index (χ4v) is 4.34. The number of H-pyrrole nitrogens is 1. The molecule has 1 saturated heterocycles. The Morgan fingerprint density at radius 1 is 1.28 bits per heavy atom. The van der Waals surface area contributed by atoms with Crippen LogP contribution in [0.25, 0.3) is 10.9 Å². The molecular formula is C25H29N3O3S. The summed E-state index contributed by atoms with van der Waals surface area (Å²) in [4.78, 5) is 18.0. The van der Waals surface area contributed by atoms with Crippen LogP contribution in [0.3, 0.4) is 0 Å². The highest BCUT2D eigenvalue weighted by molar-refractivity contribution is 7.80. The van der Waals surface area contributed by atoms with Crippen molar-refractivity contribution in [1.29, 1.82) is 0 Å². The zero-order valence-corrected chi connectivity index (χ0v) is 19.6. The van der Waals surface area contributed by atoms with Gasteiger partial charge in [-0.15, -0.1) is 0 Å². The lowest BCUT2D eigenvalue weighted by atomic mass is 10.0. The van der Waals surface area contributed by atoms with Gasteiger partial charge in [-0.05, 0) is 73.6 Å². The molecule has 7 heteroatoms. The SMILES string of the molecule is COc1ccccc1NC(=S)N(Cc1cc2ccc(C)c(C)c2[nH]c1=O)C[C@H]1CCCO1. The number of methoxy groups -OCH3 is 1. The number of hydrogen-bond donors (Lipinski definition) is 2. The zero-order valence-electron chi connectivity index (χ0n) is 18.7. The number of aromatic amines is 1. The van der Waals surface area contributed by atoms with Gasteiger partial charge in [0, 0.05) is 18.7 Å². The first-order valence-corrected chi connectivity index (χ1v) is 11.3. The Bertz CT molecular complexity index is 1180. The van der Waals surface area contributed by atoms with Crippen molar-refractivity contribution in [1.82, 2.24) is 9.88 Å². The molecule has 6 nitrogen and oxygen atoms in total. The van der Waals surface area contributed by atoms with Gasteiger partial charge in [0.15, 0.2) is 5.11 Å². The summed E-state index contributed by atoms with van der Waals surface area (Å²) in [7, 11) is 1.63. The van der Waals surface area contributed by atoms with Crippen molar-refractivity contribution in [3.63, 3.8) is 0 Å². The third kappa shape index (κ3) is 4.79. The monoisotopic (exact) mass is 451 g/mol. The van der Waals surface area contributed by atoms with Crippen LogP contribution in [-0.4, -0.2) is 41.4 Å². The van der Waals surface area contributed by atoms with E-state index in [1.807, 2.05) is 55.1 Å². The topological polar surface area (TPSA) is 66.6 Å². The first-order chi connectivity index (χ1) is 15.5. The number of aryl methyl sites for hydroxylation is 2. The second-order valence-corrected chi connectivity index (χ2v) is 8.63. The van der Waals surface area contributed by atoms with Crippen molar-refractivity contribution in [2.75, 3.05) is 25.6 Å². The van der Waals surface area contributed by atoms with E-state index in [0.717, 1.165) is 47.2 Å². The van der Waals surface area contributed by atoms with Crippen molar-refractivity contribution in [3.8, 4) is 5.75 Å². The summed E-state index contributed by atoms with van der Waals surface area (Å²) in [5.41, 5.74) is 4.50. The maximum absolute atomic E-state index is 13.0. The van der Waals surface area contributed by atoms with E-state index in [-0.39, 0.29) is 11.7 Å². The Morgan fingerprint density at radius 2 is 2.09 bits per heavy atom. The van der Waals surface area contributed by atoms with Crippen LogP contribution in [0.5, 0.6) is 5.75 Å². The first kappa shape index (κ1) is 22.3. The molecule has 1 aromatic heterocycles. The highest BCUT2D eigenvalue weighted by Gasteiger charge is 2.23. The van der Waals surface area contributed by atoms with Crippen LogP contribution in [-0.2, 0) is 11.3 Å². The van der Waals surface area contributed by atoms with Crippen LogP contribution in [0, 0.1) is 13.8 Å². The van der Waals surface area contributed by atoms with Crippen molar-refractivity contribution in [2.45, 2.75) is 39.3 Å². The summed E-state index contributed by atoms with van der Waals surface area (Å²) in [6, 6.07) is 13.7. The summed E-state index contributed by atoms with van der Waals surface area (Å²) in [5.74, 6) is 0.710. The fourth-order valence-electron chi connectivity index (χ4n) is 4.09. The van der Waals surface area contributed by atoms with E-state index in [9.17, 15) is 4.79 Å². The number of nitrogens with one attached hydrogen (secondary N) is 2. The predicted octanol–water partition coefficient (Wildman–Crippen LogP) is 4.53. The zero-order chi connectivity index (χ0) is 22.7. The average molecular weight is 452 g/mol. The van der Waals surface area contributed by atoms with Gasteiger partial charge in [0.1, 0.15) is 5.75 Å². The molecule has 1 atom stereocenters. The number of hydrogen-bond acceptors (Lipinski definition) is 4. The number of aromatic nitrogens is 1. The van der Waals surface area contributed by atoms with Crippen molar-refractivity contribution < 1.29 is 9.47 Å².